The molecule has 19 heavy (non-hydrogen) atoms. The van der Waals surface area contributed by atoms with Gasteiger partial charge in [-0.3, -0.25) is 0 Å². The lowest BCUT2D eigenvalue weighted by Crippen LogP contribution is -2.53. The van der Waals surface area contributed by atoms with Crippen molar-refractivity contribution in [2.45, 2.75) is 51.9 Å². The highest BCUT2D eigenvalue weighted by Gasteiger charge is 2.59. The minimum Gasteiger partial charge on any atom is -0.426 e. The van der Waals surface area contributed by atoms with E-state index in [0.29, 0.717) is 24.0 Å². The van der Waals surface area contributed by atoms with E-state index in [2.05, 4.69) is 13.0 Å². The molecule has 4 atom stereocenters. The third-order valence-electron chi connectivity index (χ3n) is 5.29. The van der Waals surface area contributed by atoms with Gasteiger partial charge in [0.05, 0.1) is 6.10 Å². The van der Waals surface area contributed by atoms with Crippen molar-refractivity contribution in [2.24, 2.45) is 11.3 Å². The lowest BCUT2D eigenvalue weighted by Gasteiger charge is -2.51. The Balaban J connectivity index is 2.08. The minimum atomic E-state index is -1.51. The molecule has 3 aliphatic rings. The number of aliphatic hydroxyl groups is 2. The Bertz CT molecular complexity index is 518. The van der Waals surface area contributed by atoms with Gasteiger partial charge >= 0.3 is 5.97 Å². The first-order valence-electron chi connectivity index (χ1n) is 6.78. The molecule has 0 aromatic carbocycles. The largest absolute Gasteiger partial charge is 0.426 e. The van der Waals surface area contributed by atoms with Crippen molar-refractivity contribution >= 4 is 5.97 Å². The average molecular weight is 264 g/mol. The molecule has 0 aromatic heterocycles. The van der Waals surface area contributed by atoms with Gasteiger partial charge in [-0.1, -0.05) is 18.6 Å². The first-order chi connectivity index (χ1) is 8.78. The number of rotatable bonds is 0. The average Bonchev–Trinajstić information content (AvgIpc) is 2.53. The second-order valence-electron chi connectivity index (χ2n) is 6.42. The molecule has 1 saturated carbocycles. The monoisotopic (exact) mass is 264 g/mol. The number of allylic oxidation sites excluding steroid dienone is 1. The highest BCUT2D eigenvalue weighted by Crippen LogP contribution is 2.57. The van der Waals surface area contributed by atoms with Gasteiger partial charge in [-0.2, -0.15) is 0 Å². The van der Waals surface area contributed by atoms with Crippen LogP contribution in [0, 0.1) is 11.3 Å². The van der Waals surface area contributed by atoms with Crippen molar-refractivity contribution in [3.05, 3.63) is 22.8 Å². The highest BCUT2D eigenvalue weighted by molar-refractivity contribution is 5.92. The number of hydrogen-bond donors (Lipinski definition) is 2. The van der Waals surface area contributed by atoms with Gasteiger partial charge in [0.1, 0.15) is 0 Å². The van der Waals surface area contributed by atoms with Crippen molar-refractivity contribution in [3.8, 4) is 0 Å². The van der Waals surface area contributed by atoms with Gasteiger partial charge in [-0.05, 0) is 32.6 Å². The fraction of sp³-hybridized carbons (Fsp3) is 0.667. The Hall–Kier alpha value is -1.13. The van der Waals surface area contributed by atoms with E-state index in [1.165, 1.54) is 5.57 Å². The van der Waals surface area contributed by atoms with Crippen molar-refractivity contribution in [3.63, 3.8) is 0 Å². The van der Waals surface area contributed by atoms with Gasteiger partial charge in [0, 0.05) is 23.0 Å². The summed E-state index contributed by atoms with van der Waals surface area (Å²) in [4.78, 5) is 11.7. The molecular formula is C15H20O4. The van der Waals surface area contributed by atoms with E-state index < -0.39 is 23.3 Å². The molecule has 1 fully saturated rings. The van der Waals surface area contributed by atoms with E-state index in [9.17, 15) is 15.0 Å². The van der Waals surface area contributed by atoms with Gasteiger partial charge in [-0.15, -0.1) is 0 Å². The van der Waals surface area contributed by atoms with Crippen LogP contribution >= 0.6 is 0 Å². The van der Waals surface area contributed by atoms with Crippen molar-refractivity contribution in [1.29, 1.82) is 0 Å². The number of aliphatic hydroxyl groups excluding tert-OH is 1. The Kier molecular flexibility index (Phi) is 2.51. The van der Waals surface area contributed by atoms with E-state index in [1.807, 2.05) is 6.92 Å². The molecule has 0 aromatic rings. The molecule has 4 heteroatoms. The summed E-state index contributed by atoms with van der Waals surface area (Å²) < 4.78 is 5.17. The van der Waals surface area contributed by atoms with E-state index in [0.717, 1.165) is 0 Å². The van der Waals surface area contributed by atoms with Gasteiger partial charge < -0.3 is 14.9 Å². The zero-order chi connectivity index (χ0) is 14.0. The summed E-state index contributed by atoms with van der Waals surface area (Å²) >= 11 is 0. The number of carbonyl (C=O) groups is 1. The minimum absolute atomic E-state index is 0.163. The first kappa shape index (κ1) is 12.9. The third-order valence-corrected chi connectivity index (χ3v) is 5.29. The lowest BCUT2D eigenvalue weighted by atomic mass is 9.56. The molecule has 0 amide bonds. The number of ether oxygens (including phenoxy) is 1. The lowest BCUT2D eigenvalue weighted by molar-refractivity contribution is -0.211. The van der Waals surface area contributed by atoms with Crippen LogP contribution in [0.15, 0.2) is 22.8 Å². The predicted molar refractivity (Wildman–Crippen MR) is 69.0 cm³/mol. The number of carbonyl (C=O) groups excluding carboxylic acids is 1. The van der Waals surface area contributed by atoms with E-state index in [1.54, 1.807) is 6.92 Å². The maximum absolute atomic E-state index is 11.7. The van der Waals surface area contributed by atoms with Crippen LogP contribution in [0.1, 0.15) is 40.0 Å². The third kappa shape index (κ3) is 1.56. The van der Waals surface area contributed by atoms with Gasteiger partial charge in [0.2, 0.25) is 5.79 Å². The quantitative estimate of drug-likeness (QED) is 0.516. The fourth-order valence-electron chi connectivity index (χ4n) is 3.98. The molecule has 3 rings (SSSR count). The smallest absolute Gasteiger partial charge is 0.336 e. The molecule has 2 N–H and O–H groups in total. The van der Waals surface area contributed by atoms with E-state index in [-0.39, 0.29) is 12.3 Å². The summed E-state index contributed by atoms with van der Waals surface area (Å²) in [7, 11) is 0. The summed E-state index contributed by atoms with van der Waals surface area (Å²) in [5, 5.41) is 21.0. The second-order valence-corrected chi connectivity index (χ2v) is 6.42. The van der Waals surface area contributed by atoms with E-state index in [4.69, 9.17) is 4.74 Å². The molecule has 0 radical (unpaired) electrons. The first-order valence-corrected chi connectivity index (χ1v) is 6.78. The van der Waals surface area contributed by atoms with Crippen LogP contribution in [0.3, 0.4) is 0 Å². The summed E-state index contributed by atoms with van der Waals surface area (Å²) in [5.41, 5.74) is 2.01. The standard InChI is InChI=1S/C15H20O4/c1-8-4-5-12(16)14(3)7-15(18)11(6-10(8)14)9(2)13(17)19-15/h4,10,12,16,18H,5-7H2,1-3H3. The van der Waals surface area contributed by atoms with Crippen LogP contribution in [-0.4, -0.2) is 28.1 Å². The molecule has 0 saturated heterocycles. The molecule has 1 aliphatic heterocycles. The number of fused-ring (bicyclic) bond motifs is 2. The maximum atomic E-state index is 11.7. The molecule has 0 bridgehead atoms. The zero-order valence-corrected chi connectivity index (χ0v) is 11.6. The van der Waals surface area contributed by atoms with Crippen LogP contribution in [0.2, 0.25) is 0 Å². The van der Waals surface area contributed by atoms with E-state index >= 15 is 0 Å². The van der Waals surface area contributed by atoms with Crippen LogP contribution in [-0.2, 0) is 9.53 Å². The van der Waals surface area contributed by atoms with Crippen LogP contribution < -0.4 is 0 Å². The Morgan fingerprint density at radius 3 is 2.79 bits per heavy atom. The molecular weight excluding hydrogens is 244 g/mol. The normalized spacial score (nSPS) is 45.5. The molecule has 0 spiro atoms. The zero-order valence-electron chi connectivity index (χ0n) is 11.6. The predicted octanol–water partition coefficient (Wildman–Crippen LogP) is 1.68. The Morgan fingerprint density at radius 1 is 1.42 bits per heavy atom. The molecule has 4 nitrogen and oxygen atoms in total. The Morgan fingerprint density at radius 2 is 2.11 bits per heavy atom. The van der Waals surface area contributed by atoms with Crippen LogP contribution in [0.4, 0.5) is 0 Å². The van der Waals surface area contributed by atoms with Gasteiger partial charge in [0.15, 0.2) is 0 Å². The SMILES string of the molecule is CC1=CCC(O)C2(C)CC3(O)OC(=O)C(C)=C3CC12. The van der Waals surface area contributed by atoms with Gasteiger partial charge in [0.25, 0.3) is 0 Å². The van der Waals surface area contributed by atoms with Crippen LogP contribution in [0.5, 0.6) is 0 Å². The summed E-state index contributed by atoms with van der Waals surface area (Å²) in [6.45, 7) is 5.75. The molecule has 104 valence electrons. The van der Waals surface area contributed by atoms with Crippen LogP contribution in [0.25, 0.3) is 0 Å². The van der Waals surface area contributed by atoms with Crippen molar-refractivity contribution in [1.82, 2.24) is 0 Å². The fourth-order valence-corrected chi connectivity index (χ4v) is 3.98. The highest BCUT2D eigenvalue weighted by atomic mass is 16.7. The maximum Gasteiger partial charge on any atom is 0.336 e. The summed E-state index contributed by atoms with van der Waals surface area (Å²) in [6, 6.07) is 0. The number of esters is 1. The van der Waals surface area contributed by atoms with Crippen molar-refractivity contribution < 1.29 is 19.7 Å². The molecule has 2 aliphatic carbocycles. The number of hydrogen-bond acceptors (Lipinski definition) is 4. The second kappa shape index (κ2) is 3.70. The van der Waals surface area contributed by atoms with Crippen molar-refractivity contribution in [2.75, 3.05) is 0 Å². The molecule has 1 heterocycles. The van der Waals surface area contributed by atoms with Gasteiger partial charge in [-0.25, -0.2) is 4.79 Å². The Labute approximate surface area is 112 Å². The molecule has 4 unspecified atom stereocenters. The topological polar surface area (TPSA) is 66.8 Å². The summed E-state index contributed by atoms with van der Waals surface area (Å²) in [6.07, 6.45) is 3.02. The summed E-state index contributed by atoms with van der Waals surface area (Å²) in [5.74, 6) is -1.78.